The Morgan fingerprint density at radius 3 is 2.47 bits per heavy atom. The summed E-state index contributed by atoms with van der Waals surface area (Å²) in [6.07, 6.45) is 4.09. The van der Waals surface area contributed by atoms with E-state index in [0.717, 1.165) is 0 Å². The summed E-state index contributed by atoms with van der Waals surface area (Å²) >= 11 is 0. The predicted octanol–water partition coefficient (Wildman–Crippen LogP) is 3.39. The van der Waals surface area contributed by atoms with Gasteiger partial charge in [0.05, 0.1) is 18.1 Å². The minimum atomic E-state index is -1.80. The summed E-state index contributed by atoms with van der Waals surface area (Å²) in [5.41, 5.74) is 0. The van der Waals surface area contributed by atoms with Gasteiger partial charge in [0.25, 0.3) is 0 Å². The number of nitrogens with zero attached hydrogens (tertiary/aromatic N) is 1. The highest BCUT2D eigenvalue weighted by Gasteiger charge is 2.54. The lowest BCUT2D eigenvalue weighted by Crippen LogP contribution is -2.63. The topological polar surface area (TPSA) is 29.5 Å². The van der Waals surface area contributed by atoms with E-state index in [4.69, 9.17) is 4.43 Å². The molecule has 2 heterocycles. The normalized spacial score (nSPS) is 32.3. The molecule has 0 saturated carbocycles. The monoisotopic (exact) mass is 281 g/mol. The van der Waals surface area contributed by atoms with Crippen LogP contribution in [0.1, 0.15) is 34.6 Å². The summed E-state index contributed by atoms with van der Waals surface area (Å²) in [5, 5.41) is 0.188. The van der Waals surface area contributed by atoms with Gasteiger partial charge >= 0.3 is 0 Å². The number of carbonyl (C=O) groups excluding carboxylic acids is 1. The van der Waals surface area contributed by atoms with Crippen molar-refractivity contribution in [1.29, 1.82) is 0 Å². The summed E-state index contributed by atoms with van der Waals surface area (Å²) in [6, 6.07) is 0.326. The first-order chi connectivity index (χ1) is 8.56. The van der Waals surface area contributed by atoms with E-state index in [0.29, 0.717) is 12.0 Å². The lowest BCUT2D eigenvalue weighted by molar-refractivity contribution is -0.157. The van der Waals surface area contributed by atoms with Crippen molar-refractivity contribution < 1.29 is 9.22 Å². The molecular formula is C15H27NO2Si. The molecule has 0 bridgehead atoms. The third-order valence-electron chi connectivity index (χ3n) is 5.11. The quantitative estimate of drug-likeness (QED) is 0.586. The van der Waals surface area contributed by atoms with Crippen molar-refractivity contribution in [2.75, 3.05) is 0 Å². The van der Waals surface area contributed by atoms with Crippen LogP contribution in [-0.4, -0.2) is 31.3 Å². The summed E-state index contributed by atoms with van der Waals surface area (Å²) in [4.78, 5) is 14.1. The number of carbonyl (C=O) groups is 1. The Hall–Kier alpha value is -0.613. The fourth-order valence-corrected chi connectivity index (χ4v) is 4.27. The van der Waals surface area contributed by atoms with Crippen LogP contribution in [0.15, 0.2) is 12.3 Å². The zero-order valence-electron chi connectivity index (χ0n) is 13.2. The van der Waals surface area contributed by atoms with Gasteiger partial charge in [0.1, 0.15) is 0 Å². The van der Waals surface area contributed by atoms with E-state index in [2.05, 4.69) is 53.8 Å². The van der Waals surface area contributed by atoms with Crippen LogP contribution in [0, 0.1) is 11.8 Å². The predicted molar refractivity (Wildman–Crippen MR) is 80.2 cm³/mol. The van der Waals surface area contributed by atoms with Gasteiger partial charge in [0, 0.05) is 6.20 Å². The van der Waals surface area contributed by atoms with Gasteiger partial charge in [-0.15, -0.1) is 0 Å². The van der Waals surface area contributed by atoms with E-state index in [9.17, 15) is 4.79 Å². The molecule has 0 aromatic carbocycles. The lowest BCUT2D eigenvalue weighted by Gasteiger charge is -2.49. The molecule has 2 rings (SSSR count). The van der Waals surface area contributed by atoms with Gasteiger partial charge in [0.15, 0.2) is 8.32 Å². The molecule has 0 aromatic rings. The summed E-state index contributed by atoms with van der Waals surface area (Å²) in [6.45, 7) is 15.5. The van der Waals surface area contributed by atoms with E-state index in [1.165, 1.54) is 0 Å². The van der Waals surface area contributed by atoms with Gasteiger partial charge in [-0.05, 0) is 31.0 Å². The van der Waals surface area contributed by atoms with E-state index >= 15 is 0 Å². The summed E-state index contributed by atoms with van der Waals surface area (Å²) in [5.74, 6) is 0.726. The maximum atomic E-state index is 12.2. The highest BCUT2D eigenvalue weighted by Crippen LogP contribution is 2.43. The Morgan fingerprint density at radius 1 is 1.37 bits per heavy atom. The maximum Gasteiger partial charge on any atom is 0.234 e. The highest BCUT2D eigenvalue weighted by atomic mass is 28.4. The van der Waals surface area contributed by atoms with Crippen LogP contribution >= 0.6 is 0 Å². The molecule has 19 heavy (non-hydrogen) atoms. The minimum Gasteiger partial charge on any atom is -0.413 e. The second-order valence-electron chi connectivity index (χ2n) is 7.55. The van der Waals surface area contributed by atoms with E-state index < -0.39 is 8.32 Å². The molecule has 1 saturated heterocycles. The van der Waals surface area contributed by atoms with Crippen molar-refractivity contribution in [2.45, 2.75) is 64.9 Å². The number of fused-ring (bicyclic) bond motifs is 1. The number of hydrogen-bond donors (Lipinski definition) is 0. The number of rotatable bonds is 3. The van der Waals surface area contributed by atoms with Gasteiger partial charge in [0.2, 0.25) is 5.91 Å². The van der Waals surface area contributed by atoms with Crippen LogP contribution in [0.5, 0.6) is 0 Å². The lowest BCUT2D eigenvalue weighted by atomic mass is 9.79. The molecule has 1 fully saturated rings. The van der Waals surface area contributed by atoms with Crippen LogP contribution in [0.4, 0.5) is 0 Å². The number of amides is 1. The Morgan fingerprint density at radius 2 is 1.95 bits per heavy atom. The molecule has 0 aromatic heterocycles. The van der Waals surface area contributed by atoms with Crippen LogP contribution in [0.2, 0.25) is 18.1 Å². The molecule has 2 aliphatic rings. The standard InChI is InChI=1S/C15H27NO2Si/c1-10-8-9-16-13(10)12(14(16)17)11(2)18-19(6,7)15(3,4)5/h8-13H,1-7H3. The smallest absolute Gasteiger partial charge is 0.234 e. The molecule has 4 atom stereocenters. The fourth-order valence-electron chi connectivity index (χ4n) is 2.84. The Bertz CT molecular complexity index is 411. The molecule has 0 aliphatic carbocycles. The molecule has 0 radical (unpaired) electrons. The van der Waals surface area contributed by atoms with E-state index in [1.807, 2.05) is 11.1 Å². The highest BCUT2D eigenvalue weighted by molar-refractivity contribution is 6.74. The number of β-lactam (4-membered cyclic amide) rings is 1. The SMILES string of the molecule is CC1C=CN2C(=O)C(C(C)O[Si](C)(C)C(C)(C)C)C12. The third kappa shape index (κ3) is 2.29. The molecule has 3 nitrogen and oxygen atoms in total. The van der Waals surface area contributed by atoms with E-state index in [-0.39, 0.29) is 23.0 Å². The molecular weight excluding hydrogens is 254 g/mol. The second kappa shape index (κ2) is 4.45. The van der Waals surface area contributed by atoms with Crippen molar-refractivity contribution in [3.8, 4) is 0 Å². The first-order valence-corrected chi connectivity index (χ1v) is 10.2. The van der Waals surface area contributed by atoms with Crippen molar-refractivity contribution in [3.05, 3.63) is 12.3 Å². The zero-order valence-corrected chi connectivity index (χ0v) is 14.2. The molecule has 0 spiro atoms. The van der Waals surface area contributed by atoms with E-state index in [1.54, 1.807) is 0 Å². The van der Waals surface area contributed by atoms with Crippen molar-refractivity contribution in [2.24, 2.45) is 11.8 Å². The van der Waals surface area contributed by atoms with Crippen LogP contribution in [-0.2, 0) is 9.22 Å². The number of hydrogen-bond acceptors (Lipinski definition) is 2. The Kier molecular flexibility index (Phi) is 3.46. The van der Waals surface area contributed by atoms with Crippen LogP contribution in [0.3, 0.4) is 0 Å². The van der Waals surface area contributed by atoms with Crippen molar-refractivity contribution >= 4 is 14.2 Å². The first kappa shape index (κ1) is 14.8. The van der Waals surface area contributed by atoms with Crippen LogP contribution < -0.4 is 0 Å². The van der Waals surface area contributed by atoms with Crippen molar-refractivity contribution in [3.63, 3.8) is 0 Å². The molecule has 1 amide bonds. The van der Waals surface area contributed by atoms with Gasteiger partial charge in [-0.25, -0.2) is 0 Å². The zero-order chi connectivity index (χ0) is 14.6. The average molecular weight is 281 g/mol. The van der Waals surface area contributed by atoms with Gasteiger partial charge < -0.3 is 9.33 Å². The third-order valence-corrected chi connectivity index (χ3v) is 9.68. The Balaban J connectivity index is 2.06. The molecule has 4 unspecified atom stereocenters. The molecule has 108 valence electrons. The molecule has 4 heteroatoms. The fraction of sp³-hybridized carbons (Fsp3) is 0.800. The summed E-state index contributed by atoms with van der Waals surface area (Å²) in [7, 11) is -1.80. The van der Waals surface area contributed by atoms with Gasteiger partial charge in [-0.3, -0.25) is 4.79 Å². The second-order valence-corrected chi connectivity index (χ2v) is 12.3. The average Bonchev–Trinajstić information content (AvgIpc) is 2.53. The summed E-state index contributed by atoms with van der Waals surface area (Å²) < 4.78 is 6.40. The van der Waals surface area contributed by atoms with Crippen molar-refractivity contribution in [1.82, 2.24) is 4.90 Å². The van der Waals surface area contributed by atoms with Gasteiger partial charge in [-0.1, -0.05) is 33.8 Å². The minimum absolute atomic E-state index is 0.0250. The first-order valence-electron chi connectivity index (χ1n) is 7.24. The molecule has 0 N–H and O–H groups in total. The Labute approximate surface area is 118 Å². The molecule has 2 aliphatic heterocycles. The van der Waals surface area contributed by atoms with Crippen LogP contribution in [0.25, 0.3) is 0 Å². The largest absolute Gasteiger partial charge is 0.413 e. The van der Waals surface area contributed by atoms with Gasteiger partial charge in [-0.2, -0.15) is 0 Å². The maximum absolute atomic E-state index is 12.2.